The number of rotatable bonds is 5. The molecule has 0 radical (unpaired) electrons. The van der Waals surface area contributed by atoms with E-state index in [1.165, 1.54) is 0 Å². The summed E-state index contributed by atoms with van der Waals surface area (Å²) in [6, 6.07) is -0.0102. The second kappa shape index (κ2) is 5.72. The Morgan fingerprint density at radius 3 is 2.39 bits per heavy atom. The number of anilines is 1. The number of nitro groups is 1. The minimum atomic E-state index is -0.543. The third-order valence-corrected chi connectivity index (χ3v) is 2.62. The molecule has 0 aliphatic rings. The lowest BCUT2D eigenvalue weighted by molar-refractivity contribution is -0.385. The molecule has 0 amide bonds. The molecule has 7 heteroatoms. The van der Waals surface area contributed by atoms with E-state index in [1.54, 1.807) is 0 Å². The molecule has 1 aromatic rings. The van der Waals surface area contributed by atoms with Crippen LogP contribution in [0.2, 0.25) is 0 Å². The first-order valence-corrected chi connectivity index (χ1v) is 5.68. The molecule has 0 aromatic carbocycles. The third kappa shape index (κ3) is 3.92. The SMILES string of the molecule is CC(C)(C)C(CCO)Nc1ncc([N+](=O)[O-])cn1. The molecule has 18 heavy (non-hydrogen) atoms. The van der Waals surface area contributed by atoms with Gasteiger partial charge in [0.25, 0.3) is 0 Å². The smallest absolute Gasteiger partial charge is 0.305 e. The summed E-state index contributed by atoms with van der Waals surface area (Å²) in [6.07, 6.45) is 2.88. The van der Waals surface area contributed by atoms with Gasteiger partial charge in [0, 0.05) is 12.6 Å². The molecular formula is C11H18N4O3. The van der Waals surface area contributed by atoms with Crippen LogP contribution in [0, 0.1) is 15.5 Å². The predicted molar refractivity (Wildman–Crippen MR) is 67.3 cm³/mol. The van der Waals surface area contributed by atoms with E-state index < -0.39 is 4.92 Å². The molecule has 0 spiro atoms. The predicted octanol–water partition coefficient (Wildman–Crippen LogP) is 1.59. The third-order valence-electron chi connectivity index (χ3n) is 2.62. The molecule has 7 nitrogen and oxygen atoms in total. The van der Waals surface area contributed by atoms with Gasteiger partial charge < -0.3 is 10.4 Å². The molecule has 1 heterocycles. The quantitative estimate of drug-likeness (QED) is 0.611. The van der Waals surface area contributed by atoms with Crippen LogP contribution in [-0.2, 0) is 0 Å². The first kappa shape index (κ1) is 14.3. The van der Waals surface area contributed by atoms with Gasteiger partial charge in [-0.3, -0.25) is 10.1 Å². The van der Waals surface area contributed by atoms with Crippen molar-refractivity contribution in [3.63, 3.8) is 0 Å². The van der Waals surface area contributed by atoms with Gasteiger partial charge in [-0.1, -0.05) is 20.8 Å². The van der Waals surface area contributed by atoms with Crippen LogP contribution in [0.5, 0.6) is 0 Å². The largest absolute Gasteiger partial charge is 0.396 e. The van der Waals surface area contributed by atoms with E-state index in [0.29, 0.717) is 12.4 Å². The molecule has 1 rings (SSSR count). The van der Waals surface area contributed by atoms with Crippen molar-refractivity contribution in [1.82, 2.24) is 9.97 Å². The first-order chi connectivity index (χ1) is 8.34. The summed E-state index contributed by atoms with van der Waals surface area (Å²) in [5, 5.41) is 22.6. The Kier molecular flexibility index (Phi) is 4.55. The lowest BCUT2D eigenvalue weighted by Gasteiger charge is -2.30. The van der Waals surface area contributed by atoms with Gasteiger partial charge in [-0.25, -0.2) is 9.97 Å². The molecule has 0 saturated heterocycles. The normalized spacial score (nSPS) is 13.1. The number of aromatic nitrogens is 2. The Morgan fingerprint density at radius 2 is 2.00 bits per heavy atom. The fraction of sp³-hybridized carbons (Fsp3) is 0.636. The highest BCUT2D eigenvalue weighted by molar-refractivity contribution is 5.32. The van der Waals surface area contributed by atoms with Crippen LogP contribution in [0.4, 0.5) is 11.6 Å². The molecule has 1 unspecified atom stereocenters. The summed E-state index contributed by atoms with van der Waals surface area (Å²) >= 11 is 0. The van der Waals surface area contributed by atoms with Crippen molar-refractivity contribution < 1.29 is 10.0 Å². The second-order valence-corrected chi connectivity index (χ2v) is 5.10. The summed E-state index contributed by atoms with van der Waals surface area (Å²) in [7, 11) is 0. The van der Waals surface area contributed by atoms with Gasteiger partial charge in [-0.15, -0.1) is 0 Å². The van der Waals surface area contributed by atoms with Crippen molar-refractivity contribution in [2.75, 3.05) is 11.9 Å². The van der Waals surface area contributed by atoms with E-state index in [2.05, 4.69) is 15.3 Å². The summed E-state index contributed by atoms with van der Waals surface area (Å²) in [5.41, 5.74) is -0.219. The zero-order valence-electron chi connectivity index (χ0n) is 10.8. The minimum absolute atomic E-state index is 0.0102. The van der Waals surface area contributed by atoms with Crippen LogP contribution in [-0.4, -0.2) is 32.6 Å². The molecule has 1 aromatic heterocycles. The highest BCUT2D eigenvalue weighted by Gasteiger charge is 2.24. The Labute approximate surface area is 105 Å². The Morgan fingerprint density at radius 1 is 1.44 bits per heavy atom. The molecule has 0 bridgehead atoms. The average molecular weight is 254 g/mol. The Balaban J connectivity index is 2.78. The zero-order chi connectivity index (χ0) is 13.8. The number of nitrogens with zero attached hydrogens (tertiary/aromatic N) is 3. The van der Waals surface area contributed by atoms with Gasteiger partial charge in [-0.2, -0.15) is 0 Å². The van der Waals surface area contributed by atoms with Crippen LogP contribution in [0.3, 0.4) is 0 Å². The molecular weight excluding hydrogens is 236 g/mol. The van der Waals surface area contributed by atoms with Gasteiger partial charge >= 0.3 is 5.69 Å². The topological polar surface area (TPSA) is 101 Å². The van der Waals surface area contributed by atoms with Crippen molar-refractivity contribution in [3.05, 3.63) is 22.5 Å². The van der Waals surface area contributed by atoms with E-state index >= 15 is 0 Å². The molecule has 2 N–H and O–H groups in total. The zero-order valence-corrected chi connectivity index (χ0v) is 10.8. The van der Waals surface area contributed by atoms with Crippen molar-refractivity contribution >= 4 is 11.6 Å². The molecule has 0 aliphatic carbocycles. The van der Waals surface area contributed by atoms with Crippen molar-refractivity contribution in [2.45, 2.75) is 33.2 Å². The summed E-state index contributed by atoms with van der Waals surface area (Å²) in [4.78, 5) is 17.7. The minimum Gasteiger partial charge on any atom is -0.396 e. The van der Waals surface area contributed by atoms with Crippen molar-refractivity contribution in [2.24, 2.45) is 5.41 Å². The highest BCUT2D eigenvalue weighted by Crippen LogP contribution is 2.24. The Hall–Kier alpha value is -1.76. The molecule has 1 atom stereocenters. The van der Waals surface area contributed by atoms with Crippen LogP contribution < -0.4 is 5.32 Å². The van der Waals surface area contributed by atoms with E-state index in [9.17, 15) is 10.1 Å². The monoisotopic (exact) mass is 254 g/mol. The number of hydrogen-bond donors (Lipinski definition) is 2. The van der Waals surface area contributed by atoms with Gasteiger partial charge in [0.15, 0.2) is 0 Å². The molecule has 0 aliphatic heterocycles. The van der Waals surface area contributed by atoms with Crippen LogP contribution >= 0.6 is 0 Å². The number of nitrogens with one attached hydrogen (secondary N) is 1. The molecule has 100 valence electrons. The maximum atomic E-state index is 10.5. The van der Waals surface area contributed by atoms with Crippen LogP contribution in [0.1, 0.15) is 27.2 Å². The average Bonchev–Trinajstić information content (AvgIpc) is 2.28. The van der Waals surface area contributed by atoms with Crippen LogP contribution in [0.15, 0.2) is 12.4 Å². The first-order valence-electron chi connectivity index (χ1n) is 5.68. The summed E-state index contributed by atoms with van der Waals surface area (Å²) < 4.78 is 0. The second-order valence-electron chi connectivity index (χ2n) is 5.10. The van der Waals surface area contributed by atoms with Gasteiger partial charge in [0.2, 0.25) is 5.95 Å². The number of aliphatic hydroxyl groups is 1. The maximum Gasteiger partial charge on any atom is 0.305 e. The van der Waals surface area contributed by atoms with Gasteiger partial charge in [0.05, 0.1) is 4.92 Å². The summed E-state index contributed by atoms with van der Waals surface area (Å²) in [6.45, 7) is 6.16. The van der Waals surface area contributed by atoms with E-state index in [-0.39, 0.29) is 23.8 Å². The fourth-order valence-corrected chi connectivity index (χ4v) is 1.50. The lowest BCUT2D eigenvalue weighted by atomic mass is 9.85. The fourth-order valence-electron chi connectivity index (χ4n) is 1.50. The standard InChI is InChI=1S/C11H18N4O3/c1-11(2,3)9(4-5-16)14-10-12-6-8(7-13-10)15(17)18/h6-7,9,16H,4-5H2,1-3H3,(H,12,13,14). The molecule has 0 fully saturated rings. The van der Waals surface area contributed by atoms with Crippen molar-refractivity contribution in [1.29, 1.82) is 0 Å². The van der Waals surface area contributed by atoms with Crippen molar-refractivity contribution in [3.8, 4) is 0 Å². The summed E-state index contributed by atoms with van der Waals surface area (Å²) in [5.74, 6) is 0.328. The lowest BCUT2D eigenvalue weighted by Crippen LogP contribution is -2.35. The van der Waals surface area contributed by atoms with E-state index in [1.807, 2.05) is 20.8 Å². The van der Waals surface area contributed by atoms with Gasteiger partial charge in [-0.05, 0) is 11.8 Å². The maximum absolute atomic E-state index is 10.5. The Bertz CT molecular complexity index is 400. The van der Waals surface area contributed by atoms with E-state index in [0.717, 1.165) is 12.4 Å². The van der Waals surface area contributed by atoms with E-state index in [4.69, 9.17) is 5.11 Å². The highest BCUT2D eigenvalue weighted by atomic mass is 16.6. The number of aliphatic hydroxyl groups excluding tert-OH is 1. The van der Waals surface area contributed by atoms with Gasteiger partial charge in [0.1, 0.15) is 12.4 Å². The van der Waals surface area contributed by atoms with Crippen LogP contribution in [0.25, 0.3) is 0 Å². The number of hydrogen-bond acceptors (Lipinski definition) is 6. The molecule has 0 saturated carbocycles.